The molecule has 0 atom stereocenters. The van der Waals surface area contributed by atoms with Crippen LogP contribution in [-0.4, -0.2) is 5.78 Å². The largest absolute Gasteiger partial charge is 0.300 e. The van der Waals surface area contributed by atoms with Gasteiger partial charge in [0.25, 0.3) is 0 Å². The third kappa shape index (κ3) is 3.70. The van der Waals surface area contributed by atoms with Crippen LogP contribution < -0.4 is 0 Å². The van der Waals surface area contributed by atoms with Crippen LogP contribution in [0, 0.1) is 0 Å². The Balaban J connectivity index is 2.41. The van der Waals surface area contributed by atoms with E-state index >= 15 is 0 Å². The van der Waals surface area contributed by atoms with Crippen LogP contribution in [0.1, 0.15) is 51.9 Å². The van der Waals surface area contributed by atoms with Gasteiger partial charge < -0.3 is 0 Å². The molecule has 0 bridgehead atoms. The highest BCUT2D eigenvalue weighted by molar-refractivity contribution is 5.78. The molecule has 0 aromatic heterocycles. The van der Waals surface area contributed by atoms with E-state index < -0.39 is 0 Å². The molecule has 0 saturated heterocycles. The zero-order valence-corrected chi connectivity index (χ0v) is 7.94. The first kappa shape index (κ1) is 9.50. The maximum absolute atomic E-state index is 10.9. The summed E-state index contributed by atoms with van der Waals surface area (Å²) >= 11 is 0. The fourth-order valence-corrected chi connectivity index (χ4v) is 1.74. The minimum absolute atomic E-state index is 0.307. The molecule has 0 aromatic rings. The summed E-state index contributed by atoms with van der Waals surface area (Å²) < 4.78 is 0. The normalized spacial score (nSPS) is 23.6. The van der Waals surface area contributed by atoms with E-state index in [9.17, 15) is 4.79 Å². The first-order chi connectivity index (χ1) is 5.79. The molecule has 1 heteroatoms. The van der Waals surface area contributed by atoms with Gasteiger partial charge in [0.2, 0.25) is 0 Å². The van der Waals surface area contributed by atoms with E-state index in [2.05, 4.69) is 6.08 Å². The summed E-state index contributed by atoms with van der Waals surface area (Å²) in [5.74, 6) is 0.307. The highest BCUT2D eigenvalue weighted by atomic mass is 16.1. The zero-order valence-electron chi connectivity index (χ0n) is 7.94. The molecule has 0 fully saturated rings. The number of rotatable bonds is 2. The van der Waals surface area contributed by atoms with E-state index in [4.69, 9.17) is 0 Å². The quantitative estimate of drug-likeness (QED) is 0.575. The fraction of sp³-hybridized carbons (Fsp3) is 0.727. The predicted octanol–water partition coefficient (Wildman–Crippen LogP) is 3.25. The van der Waals surface area contributed by atoms with Crippen molar-refractivity contribution < 1.29 is 4.79 Å². The third-order valence-corrected chi connectivity index (χ3v) is 2.36. The average Bonchev–Trinajstić information content (AvgIpc) is 1.93. The van der Waals surface area contributed by atoms with Crippen LogP contribution in [0.2, 0.25) is 0 Å². The Hall–Kier alpha value is -0.590. The molecule has 0 amide bonds. The summed E-state index contributed by atoms with van der Waals surface area (Å²) in [6, 6.07) is 0. The highest BCUT2D eigenvalue weighted by Gasteiger charge is 2.03. The van der Waals surface area contributed by atoms with Crippen LogP contribution in [0.3, 0.4) is 0 Å². The molecule has 0 unspecified atom stereocenters. The Kier molecular flexibility index (Phi) is 4.06. The number of carbonyl (C=O) groups excluding carboxylic acids is 1. The van der Waals surface area contributed by atoms with Crippen molar-refractivity contribution in [3.8, 4) is 0 Å². The lowest BCUT2D eigenvalue weighted by Gasteiger charge is -2.09. The van der Waals surface area contributed by atoms with Crippen molar-refractivity contribution in [3.63, 3.8) is 0 Å². The second-order valence-corrected chi connectivity index (χ2v) is 3.69. The first-order valence-corrected chi connectivity index (χ1v) is 4.96. The Bertz CT molecular complexity index is 179. The van der Waals surface area contributed by atoms with Crippen molar-refractivity contribution in [2.24, 2.45) is 0 Å². The van der Waals surface area contributed by atoms with Gasteiger partial charge in [0.1, 0.15) is 5.78 Å². The topological polar surface area (TPSA) is 17.1 Å². The first-order valence-electron chi connectivity index (χ1n) is 4.96. The standard InChI is InChI=1S/C11H18O/c1-10(12)9-11-7-5-3-2-4-6-8-11/h7H,2-6,8-9H2,1H3/b11-7+. The zero-order chi connectivity index (χ0) is 8.81. The van der Waals surface area contributed by atoms with E-state index in [1.54, 1.807) is 6.92 Å². The Morgan fingerprint density at radius 1 is 1.33 bits per heavy atom. The molecular formula is C11H18O. The third-order valence-electron chi connectivity index (χ3n) is 2.36. The number of ketones is 1. The van der Waals surface area contributed by atoms with E-state index in [0.717, 1.165) is 6.42 Å². The summed E-state index contributed by atoms with van der Waals surface area (Å²) in [6.45, 7) is 1.68. The van der Waals surface area contributed by atoms with E-state index in [0.29, 0.717) is 12.2 Å². The lowest BCUT2D eigenvalue weighted by atomic mass is 9.97. The van der Waals surface area contributed by atoms with Crippen LogP contribution in [0.5, 0.6) is 0 Å². The molecule has 68 valence electrons. The van der Waals surface area contributed by atoms with Crippen LogP contribution in [-0.2, 0) is 4.79 Å². The van der Waals surface area contributed by atoms with Gasteiger partial charge in [-0.05, 0) is 32.6 Å². The second-order valence-electron chi connectivity index (χ2n) is 3.69. The van der Waals surface area contributed by atoms with Crippen LogP contribution in [0.15, 0.2) is 11.6 Å². The summed E-state index contributed by atoms with van der Waals surface area (Å²) in [4.78, 5) is 10.9. The molecule has 0 spiro atoms. The average molecular weight is 166 g/mol. The number of Topliss-reactive ketones (excluding diaryl/α,β-unsaturated/α-hetero) is 1. The summed E-state index contributed by atoms with van der Waals surface area (Å²) in [7, 11) is 0. The van der Waals surface area contributed by atoms with Gasteiger partial charge in [-0.25, -0.2) is 0 Å². The number of allylic oxidation sites excluding steroid dienone is 2. The lowest BCUT2D eigenvalue weighted by Crippen LogP contribution is -1.96. The monoisotopic (exact) mass is 166 g/mol. The minimum atomic E-state index is 0.307. The van der Waals surface area contributed by atoms with Gasteiger partial charge in [-0.15, -0.1) is 0 Å². The molecule has 0 N–H and O–H groups in total. The molecule has 1 nitrogen and oxygen atoms in total. The van der Waals surface area contributed by atoms with E-state index in [1.807, 2.05) is 0 Å². The van der Waals surface area contributed by atoms with Gasteiger partial charge in [0.05, 0.1) is 0 Å². The molecule has 0 saturated carbocycles. The van der Waals surface area contributed by atoms with Gasteiger partial charge in [-0.3, -0.25) is 4.79 Å². The Morgan fingerprint density at radius 3 is 2.83 bits per heavy atom. The van der Waals surface area contributed by atoms with Crippen LogP contribution in [0.4, 0.5) is 0 Å². The number of hydrogen-bond donors (Lipinski definition) is 0. The van der Waals surface area contributed by atoms with Crippen LogP contribution in [0.25, 0.3) is 0 Å². The molecule has 1 aliphatic carbocycles. The molecular weight excluding hydrogens is 148 g/mol. The van der Waals surface area contributed by atoms with Gasteiger partial charge in [-0.1, -0.05) is 24.5 Å². The molecule has 0 heterocycles. The molecule has 0 aliphatic heterocycles. The highest BCUT2D eigenvalue weighted by Crippen LogP contribution is 2.19. The maximum atomic E-state index is 10.9. The lowest BCUT2D eigenvalue weighted by molar-refractivity contribution is -0.116. The Labute approximate surface area is 74.9 Å². The molecule has 1 aliphatic rings. The smallest absolute Gasteiger partial charge is 0.133 e. The van der Waals surface area contributed by atoms with Gasteiger partial charge in [0, 0.05) is 6.42 Å². The van der Waals surface area contributed by atoms with Crippen molar-refractivity contribution >= 4 is 5.78 Å². The van der Waals surface area contributed by atoms with E-state index in [1.165, 1.54) is 37.7 Å². The predicted molar refractivity (Wildman–Crippen MR) is 51.1 cm³/mol. The summed E-state index contributed by atoms with van der Waals surface area (Å²) in [6.07, 6.45) is 10.6. The molecule has 12 heavy (non-hydrogen) atoms. The van der Waals surface area contributed by atoms with E-state index in [-0.39, 0.29) is 0 Å². The van der Waals surface area contributed by atoms with Crippen molar-refractivity contribution in [3.05, 3.63) is 11.6 Å². The van der Waals surface area contributed by atoms with Crippen molar-refractivity contribution in [1.82, 2.24) is 0 Å². The molecule has 0 radical (unpaired) electrons. The number of carbonyl (C=O) groups is 1. The summed E-state index contributed by atoms with van der Waals surface area (Å²) in [5, 5.41) is 0. The maximum Gasteiger partial charge on any atom is 0.133 e. The van der Waals surface area contributed by atoms with Crippen molar-refractivity contribution in [2.75, 3.05) is 0 Å². The van der Waals surface area contributed by atoms with Gasteiger partial charge in [0.15, 0.2) is 0 Å². The van der Waals surface area contributed by atoms with Crippen molar-refractivity contribution in [2.45, 2.75) is 51.9 Å². The summed E-state index contributed by atoms with van der Waals surface area (Å²) in [5.41, 5.74) is 1.38. The minimum Gasteiger partial charge on any atom is -0.300 e. The van der Waals surface area contributed by atoms with Gasteiger partial charge >= 0.3 is 0 Å². The number of hydrogen-bond acceptors (Lipinski definition) is 1. The fourth-order valence-electron chi connectivity index (χ4n) is 1.74. The second kappa shape index (κ2) is 5.13. The van der Waals surface area contributed by atoms with Crippen LogP contribution >= 0.6 is 0 Å². The van der Waals surface area contributed by atoms with Gasteiger partial charge in [-0.2, -0.15) is 0 Å². The van der Waals surface area contributed by atoms with Crippen molar-refractivity contribution in [1.29, 1.82) is 0 Å². The SMILES string of the molecule is CC(=O)C/C1=C/CCCCCC1. The molecule has 0 aromatic carbocycles. The molecule has 1 rings (SSSR count). The Morgan fingerprint density at radius 2 is 2.08 bits per heavy atom.